The number of benzene rings is 1. The van der Waals surface area contributed by atoms with E-state index in [-0.39, 0.29) is 13.2 Å². The lowest BCUT2D eigenvalue weighted by Crippen LogP contribution is -2.16. The van der Waals surface area contributed by atoms with Gasteiger partial charge < -0.3 is 24.7 Å². The molecule has 406 valence electrons. The zero-order chi connectivity index (χ0) is 49.6. The fraction of sp³-hybridized carbons (Fsp3) is 0.889. The summed E-state index contributed by atoms with van der Waals surface area (Å²) >= 11 is 0. The lowest BCUT2D eigenvalue weighted by Gasteiger charge is -2.19. The third-order valence-corrected chi connectivity index (χ3v) is 14.4. The van der Waals surface area contributed by atoms with E-state index >= 15 is 0 Å². The molecule has 69 heavy (non-hydrogen) atoms. The number of unbranched alkanes of at least 4 members (excludes halogenated alkanes) is 45. The topological polar surface area (TPSA) is 80.0 Å². The summed E-state index contributed by atoms with van der Waals surface area (Å²) in [6.45, 7) is 8.81. The van der Waals surface area contributed by atoms with Crippen molar-refractivity contribution in [2.75, 3.05) is 26.4 Å². The Kier molecular flexibility index (Phi) is 50.8. The number of esters is 1. The molecule has 0 saturated carbocycles. The van der Waals surface area contributed by atoms with E-state index in [9.17, 15) is 4.79 Å². The molecule has 0 saturated heterocycles. The molecule has 0 fully saturated rings. The molecule has 1 rings (SSSR count). The Morgan fingerprint density at radius 1 is 0.333 bits per heavy atom. The standard InChI is InChI=1S/C63H119NO5/c1-4-7-10-13-16-19-22-25-28-31-34-37-40-43-46-49-52-66-60-55-59(58-69-62(65)57-64)56-61(67-53-50-47-44-41-38-35-32-29-26-23-20-17-14-11-8-5-2)63(60)68-54-51-48-45-42-39-36-33-30-27-24-21-18-15-12-9-6-3/h55-56H,4-54,57-58,64H2,1-3H3. The highest BCUT2D eigenvalue weighted by Gasteiger charge is 2.17. The maximum Gasteiger partial charge on any atom is 0.320 e. The number of rotatable bonds is 57. The third-order valence-electron chi connectivity index (χ3n) is 14.4. The van der Waals surface area contributed by atoms with Crippen LogP contribution in [-0.2, 0) is 16.1 Å². The molecule has 0 amide bonds. The fourth-order valence-corrected chi connectivity index (χ4v) is 9.78. The van der Waals surface area contributed by atoms with E-state index in [0.29, 0.717) is 37.1 Å². The van der Waals surface area contributed by atoms with Gasteiger partial charge in [0.15, 0.2) is 11.5 Å². The molecule has 0 spiro atoms. The summed E-state index contributed by atoms with van der Waals surface area (Å²) in [5.41, 5.74) is 6.43. The summed E-state index contributed by atoms with van der Waals surface area (Å²) in [6.07, 6.45) is 64.7. The predicted molar refractivity (Wildman–Crippen MR) is 300 cm³/mol. The van der Waals surface area contributed by atoms with Crippen LogP contribution in [-0.4, -0.2) is 32.3 Å². The first-order valence-corrected chi connectivity index (χ1v) is 31.1. The van der Waals surface area contributed by atoms with Crippen molar-refractivity contribution in [2.45, 2.75) is 336 Å². The highest BCUT2D eigenvalue weighted by molar-refractivity contribution is 5.71. The van der Waals surface area contributed by atoms with Crippen molar-refractivity contribution in [1.29, 1.82) is 0 Å². The van der Waals surface area contributed by atoms with Gasteiger partial charge in [-0.3, -0.25) is 4.79 Å². The Labute approximate surface area is 430 Å². The highest BCUT2D eigenvalue weighted by Crippen LogP contribution is 2.40. The number of carbonyl (C=O) groups excluding carboxylic acids is 1. The molecule has 6 heteroatoms. The van der Waals surface area contributed by atoms with Crippen LogP contribution in [0.2, 0.25) is 0 Å². The molecule has 0 aliphatic heterocycles. The van der Waals surface area contributed by atoms with E-state index in [1.54, 1.807) is 0 Å². The van der Waals surface area contributed by atoms with Gasteiger partial charge in [0.1, 0.15) is 6.61 Å². The van der Waals surface area contributed by atoms with E-state index in [1.165, 1.54) is 289 Å². The number of hydrogen-bond donors (Lipinski definition) is 1. The molecular weight excluding hydrogens is 851 g/mol. The first-order chi connectivity index (χ1) is 34.2. The lowest BCUT2D eigenvalue weighted by molar-refractivity contribution is -0.143. The molecule has 0 aromatic heterocycles. The third kappa shape index (κ3) is 44.5. The summed E-state index contributed by atoms with van der Waals surface area (Å²) in [7, 11) is 0. The molecule has 2 N–H and O–H groups in total. The van der Waals surface area contributed by atoms with E-state index in [1.807, 2.05) is 12.1 Å². The Hall–Kier alpha value is -1.95. The second-order valence-corrected chi connectivity index (χ2v) is 21.2. The van der Waals surface area contributed by atoms with E-state index in [0.717, 1.165) is 24.8 Å². The van der Waals surface area contributed by atoms with Gasteiger partial charge in [-0.25, -0.2) is 0 Å². The van der Waals surface area contributed by atoms with Gasteiger partial charge in [-0.05, 0) is 37.0 Å². The van der Waals surface area contributed by atoms with Gasteiger partial charge in [0.05, 0.1) is 26.4 Å². The minimum Gasteiger partial charge on any atom is -0.490 e. The Morgan fingerprint density at radius 3 is 0.783 bits per heavy atom. The zero-order valence-electron chi connectivity index (χ0n) is 46.7. The minimum atomic E-state index is -0.412. The van der Waals surface area contributed by atoms with Crippen molar-refractivity contribution in [3.05, 3.63) is 17.7 Å². The molecule has 0 bridgehead atoms. The van der Waals surface area contributed by atoms with Crippen molar-refractivity contribution in [3.63, 3.8) is 0 Å². The predicted octanol–water partition coefficient (Wildman–Crippen LogP) is 20.6. The van der Waals surface area contributed by atoms with Crippen LogP contribution >= 0.6 is 0 Å². The largest absolute Gasteiger partial charge is 0.490 e. The molecule has 1 aromatic rings. The summed E-state index contributed by atoms with van der Waals surface area (Å²) < 4.78 is 25.1. The molecule has 0 aliphatic carbocycles. The lowest BCUT2D eigenvalue weighted by atomic mass is 10.0. The average molecular weight is 971 g/mol. The second kappa shape index (κ2) is 53.8. The molecule has 0 atom stereocenters. The van der Waals surface area contributed by atoms with E-state index < -0.39 is 5.97 Å². The molecule has 1 aromatic carbocycles. The number of ether oxygens (including phenoxy) is 4. The van der Waals surface area contributed by atoms with Crippen LogP contribution < -0.4 is 19.9 Å². The monoisotopic (exact) mass is 970 g/mol. The first kappa shape index (κ1) is 65.1. The summed E-state index contributed by atoms with van der Waals surface area (Å²) in [4.78, 5) is 12.1. The van der Waals surface area contributed by atoms with Gasteiger partial charge in [0.25, 0.3) is 0 Å². The number of carbonyl (C=O) groups is 1. The van der Waals surface area contributed by atoms with Crippen molar-refractivity contribution >= 4 is 5.97 Å². The minimum absolute atomic E-state index is 0.133. The van der Waals surface area contributed by atoms with Crippen LogP contribution in [0.1, 0.15) is 335 Å². The number of hydrogen-bond acceptors (Lipinski definition) is 6. The summed E-state index contributed by atoms with van der Waals surface area (Å²) in [6, 6.07) is 3.97. The normalized spacial score (nSPS) is 11.4. The SMILES string of the molecule is CCCCCCCCCCCCCCCCCCOc1cc(COC(=O)CN)cc(OCCCCCCCCCCCCCCCCCC)c1OCCCCCCCCCCCCCCCCCC. The van der Waals surface area contributed by atoms with Crippen molar-refractivity contribution in [2.24, 2.45) is 5.73 Å². The molecule has 0 aliphatic rings. The van der Waals surface area contributed by atoms with E-state index in [2.05, 4.69) is 20.8 Å². The van der Waals surface area contributed by atoms with Crippen LogP contribution in [0.25, 0.3) is 0 Å². The Balaban J connectivity index is 2.58. The van der Waals surface area contributed by atoms with E-state index in [4.69, 9.17) is 24.7 Å². The van der Waals surface area contributed by atoms with Crippen LogP contribution in [0.3, 0.4) is 0 Å². The Morgan fingerprint density at radius 2 is 0.551 bits per heavy atom. The molecule has 6 nitrogen and oxygen atoms in total. The van der Waals surface area contributed by atoms with Gasteiger partial charge in [0.2, 0.25) is 5.75 Å². The molecular formula is C63H119NO5. The average Bonchev–Trinajstić information content (AvgIpc) is 3.36. The smallest absolute Gasteiger partial charge is 0.320 e. The van der Waals surface area contributed by atoms with Crippen LogP contribution in [0.4, 0.5) is 0 Å². The summed E-state index contributed by atoms with van der Waals surface area (Å²) in [5, 5.41) is 0. The van der Waals surface area contributed by atoms with Gasteiger partial charge in [0, 0.05) is 0 Å². The molecule has 0 radical (unpaired) electrons. The summed E-state index contributed by atoms with van der Waals surface area (Å²) in [5.74, 6) is 1.70. The van der Waals surface area contributed by atoms with Crippen LogP contribution in [0.5, 0.6) is 17.2 Å². The number of nitrogens with two attached hydrogens (primary N) is 1. The van der Waals surface area contributed by atoms with Crippen molar-refractivity contribution < 1.29 is 23.7 Å². The first-order valence-electron chi connectivity index (χ1n) is 31.1. The van der Waals surface area contributed by atoms with Crippen LogP contribution in [0.15, 0.2) is 12.1 Å². The van der Waals surface area contributed by atoms with Gasteiger partial charge >= 0.3 is 5.97 Å². The Bertz CT molecular complexity index is 1130. The zero-order valence-corrected chi connectivity index (χ0v) is 46.7. The molecule has 0 heterocycles. The fourth-order valence-electron chi connectivity index (χ4n) is 9.78. The van der Waals surface area contributed by atoms with Gasteiger partial charge in [-0.15, -0.1) is 0 Å². The van der Waals surface area contributed by atoms with Gasteiger partial charge in [-0.2, -0.15) is 0 Å². The molecule has 0 unspecified atom stereocenters. The second-order valence-electron chi connectivity index (χ2n) is 21.2. The van der Waals surface area contributed by atoms with Gasteiger partial charge in [-0.1, -0.05) is 310 Å². The maximum absolute atomic E-state index is 12.1. The van der Waals surface area contributed by atoms with Crippen molar-refractivity contribution in [1.82, 2.24) is 0 Å². The highest BCUT2D eigenvalue weighted by atomic mass is 16.5. The quantitative estimate of drug-likeness (QED) is 0.0517. The van der Waals surface area contributed by atoms with Crippen LogP contribution in [0, 0.1) is 0 Å². The van der Waals surface area contributed by atoms with Crippen molar-refractivity contribution in [3.8, 4) is 17.2 Å². The maximum atomic E-state index is 12.1.